The Labute approximate surface area is 165 Å². The molecule has 1 fully saturated rings. The van der Waals surface area contributed by atoms with Crippen molar-refractivity contribution in [1.82, 2.24) is 14.9 Å². The smallest absolute Gasteiger partial charge is 0.217 e. The Morgan fingerprint density at radius 1 is 1.21 bits per heavy atom. The number of pyridine rings is 2. The molecule has 0 saturated carbocycles. The zero-order valence-electron chi connectivity index (χ0n) is 17.1. The topological polar surface area (TPSA) is 47.5 Å². The van der Waals surface area contributed by atoms with E-state index in [-0.39, 0.29) is 17.5 Å². The molecule has 4 rings (SSSR count). The largest absolute Gasteiger partial charge is 0.490 e. The number of nitrogens with zero attached hydrogens (tertiary/aromatic N) is 3. The number of aromatic nitrogens is 2. The minimum Gasteiger partial charge on any atom is -0.490 e. The summed E-state index contributed by atoms with van der Waals surface area (Å²) in [7, 11) is 0. The number of piperidine rings is 1. The molecule has 150 valence electrons. The van der Waals surface area contributed by atoms with Gasteiger partial charge in [-0.05, 0) is 40.2 Å². The molecule has 2 aromatic heterocycles. The lowest BCUT2D eigenvalue weighted by atomic mass is 9.88. The van der Waals surface area contributed by atoms with E-state index in [4.69, 9.17) is 9.47 Å². The molecule has 0 spiro atoms. The highest BCUT2D eigenvalue weighted by Crippen LogP contribution is 2.33. The fourth-order valence-electron chi connectivity index (χ4n) is 4.24. The van der Waals surface area contributed by atoms with E-state index in [0.29, 0.717) is 24.7 Å². The van der Waals surface area contributed by atoms with E-state index in [1.807, 2.05) is 26.0 Å². The second-order valence-corrected chi connectivity index (χ2v) is 8.53. The van der Waals surface area contributed by atoms with Crippen molar-refractivity contribution in [3.63, 3.8) is 0 Å². The number of ether oxygens (including phenoxy) is 2. The number of halogens is 1. The second kappa shape index (κ2) is 7.32. The lowest BCUT2D eigenvalue weighted by molar-refractivity contribution is 0.00202. The van der Waals surface area contributed by atoms with Gasteiger partial charge in [0.2, 0.25) is 5.88 Å². The molecule has 2 aromatic rings. The summed E-state index contributed by atoms with van der Waals surface area (Å²) in [5, 5.41) is 0. The fraction of sp³-hybridized carbons (Fsp3) is 0.545. The monoisotopic (exact) mass is 385 g/mol. The fourth-order valence-corrected chi connectivity index (χ4v) is 4.24. The highest BCUT2D eigenvalue weighted by molar-refractivity contribution is 5.32. The first-order chi connectivity index (χ1) is 13.3. The van der Waals surface area contributed by atoms with Crippen LogP contribution in [0.2, 0.25) is 0 Å². The van der Waals surface area contributed by atoms with Gasteiger partial charge in [0.1, 0.15) is 17.7 Å². The molecule has 0 amide bonds. The molecule has 2 aliphatic rings. The molecule has 0 bridgehead atoms. The molecule has 5 nitrogen and oxygen atoms in total. The van der Waals surface area contributed by atoms with Crippen LogP contribution >= 0.6 is 0 Å². The Morgan fingerprint density at radius 3 is 2.68 bits per heavy atom. The van der Waals surface area contributed by atoms with Crippen LogP contribution in [0.15, 0.2) is 18.2 Å². The molecule has 1 unspecified atom stereocenters. The van der Waals surface area contributed by atoms with Crippen molar-refractivity contribution in [2.45, 2.75) is 65.1 Å². The molecule has 0 N–H and O–H groups in total. The maximum Gasteiger partial charge on any atom is 0.217 e. The van der Waals surface area contributed by atoms with Crippen LogP contribution < -0.4 is 9.47 Å². The van der Waals surface area contributed by atoms with Crippen molar-refractivity contribution >= 4 is 0 Å². The van der Waals surface area contributed by atoms with Gasteiger partial charge in [0, 0.05) is 60.6 Å². The van der Waals surface area contributed by atoms with Crippen molar-refractivity contribution in [3.8, 4) is 11.6 Å². The van der Waals surface area contributed by atoms with Crippen molar-refractivity contribution in [2.75, 3.05) is 13.2 Å². The highest BCUT2D eigenvalue weighted by atomic mass is 19.1. The van der Waals surface area contributed by atoms with Gasteiger partial charge >= 0.3 is 0 Å². The van der Waals surface area contributed by atoms with Gasteiger partial charge in [0.15, 0.2) is 0 Å². The molecule has 0 aromatic carbocycles. The number of likely N-dealkylation sites (tertiary alicyclic amines) is 1. The predicted octanol–water partition coefficient (Wildman–Crippen LogP) is 3.99. The third-order valence-electron chi connectivity index (χ3n) is 5.70. The Hall–Kier alpha value is -2.21. The van der Waals surface area contributed by atoms with Crippen molar-refractivity contribution in [1.29, 1.82) is 0 Å². The molecule has 1 atom stereocenters. The van der Waals surface area contributed by atoms with Crippen LogP contribution in [0, 0.1) is 19.7 Å². The summed E-state index contributed by atoms with van der Waals surface area (Å²) in [6.07, 6.45) is 2.64. The average Bonchev–Trinajstić information content (AvgIpc) is 3.03. The normalized spacial score (nSPS) is 21.2. The van der Waals surface area contributed by atoms with Crippen LogP contribution in [0.1, 0.15) is 49.3 Å². The van der Waals surface area contributed by atoms with E-state index in [1.54, 1.807) is 6.07 Å². The first-order valence-corrected chi connectivity index (χ1v) is 9.98. The first-order valence-electron chi connectivity index (χ1n) is 9.98. The van der Waals surface area contributed by atoms with Crippen LogP contribution in [0.4, 0.5) is 4.39 Å². The van der Waals surface area contributed by atoms with Crippen LogP contribution in [-0.2, 0) is 13.0 Å². The van der Waals surface area contributed by atoms with E-state index in [2.05, 4.69) is 28.7 Å². The van der Waals surface area contributed by atoms with E-state index in [0.717, 1.165) is 48.5 Å². The molecule has 0 aliphatic carbocycles. The summed E-state index contributed by atoms with van der Waals surface area (Å²) in [6, 6.07) is 5.55. The summed E-state index contributed by atoms with van der Waals surface area (Å²) < 4.78 is 26.3. The molecule has 6 heteroatoms. The number of rotatable bonds is 4. The predicted molar refractivity (Wildman–Crippen MR) is 105 cm³/mol. The highest BCUT2D eigenvalue weighted by Gasteiger charge is 2.36. The third kappa shape index (κ3) is 3.97. The van der Waals surface area contributed by atoms with Gasteiger partial charge in [-0.25, -0.2) is 9.37 Å². The quantitative estimate of drug-likeness (QED) is 0.796. The Morgan fingerprint density at radius 2 is 1.96 bits per heavy atom. The Balaban J connectivity index is 1.44. The van der Waals surface area contributed by atoms with Gasteiger partial charge in [-0.2, -0.15) is 0 Å². The maximum absolute atomic E-state index is 14.5. The van der Waals surface area contributed by atoms with Crippen LogP contribution in [0.25, 0.3) is 0 Å². The lowest BCUT2D eigenvalue weighted by Gasteiger charge is -2.45. The lowest BCUT2D eigenvalue weighted by Crippen LogP contribution is -2.52. The molecule has 4 heterocycles. The van der Waals surface area contributed by atoms with E-state index >= 15 is 0 Å². The molecule has 2 aliphatic heterocycles. The SMILES string of the molecule is Cc1cc(OC2CCN(Cc3nc4c(cc3F)CCO4)C(C)(C)C2)cc(C)n1. The van der Waals surface area contributed by atoms with Crippen molar-refractivity contribution in [2.24, 2.45) is 0 Å². The Kier molecular flexibility index (Phi) is 5.00. The zero-order chi connectivity index (χ0) is 19.9. The van der Waals surface area contributed by atoms with Crippen LogP contribution in [0.3, 0.4) is 0 Å². The summed E-state index contributed by atoms with van der Waals surface area (Å²) >= 11 is 0. The molecular weight excluding hydrogens is 357 g/mol. The average molecular weight is 385 g/mol. The number of fused-ring (bicyclic) bond motifs is 1. The summed E-state index contributed by atoms with van der Waals surface area (Å²) in [5.74, 6) is 1.24. The standard InChI is InChI=1S/C22H28FN3O2/c1-14-9-18(10-15(2)24-14)28-17-5-7-26(22(3,4)12-17)13-20-19(23)11-16-6-8-27-21(16)25-20/h9-11,17H,5-8,12-13H2,1-4H3. The van der Waals surface area contributed by atoms with Gasteiger partial charge in [-0.15, -0.1) is 0 Å². The van der Waals surface area contributed by atoms with Gasteiger partial charge in [0.05, 0.1) is 12.3 Å². The first kappa shape index (κ1) is 19.1. The molecule has 1 saturated heterocycles. The van der Waals surface area contributed by atoms with Gasteiger partial charge in [-0.1, -0.05) is 0 Å². The van der Waals surface area contributed by atoms with Gasteiger partial charge < -0.3 is 9.47 Å². The van der Waals surface area contributed by atoms with E-state index < -0.39 is 0 Å². The summed E-state index contributed by atoms with van der Waals surface area (Å²) in [4.78, 5) is 11.1. The van der Waals surface area contributed by atoms with Gasteiger partial charge in [0.25, 0.3) is 0 Å². The van der Waals surface area contributed by atoms with E-state index in [9.17, 15) is 4.39 Å². The van der Waals surface area contributed by atoms with E-state index in [1.165, 1.54) is 0 Å². The molecule has 0 radical (unpaired) electrons. The number of aryl methyl sites for hydroxylation is 2. The van der Waals surface area contributed by atoms with Crippen molar-refractivity contribution < 1.29 is 13.9 Å². The maximum atomic E-state index is 14.5. The van der Waals surface area contributed by atoms with Crippen molar-refractivity contribution in [3.05, 3.63) is 46.7 Å². The van der Waals surface area contributed by atoms with Gasteiger partial charge in [-0.3, -0.25) is 9.88 Å². The third-order valence-corrected chi connectivity index (χ3v) is 5.70. The Bertz CT molecular complexity index is 864. The number of hydrogen-bond donors (Lipinski definition) is 0. The van der Waals surface area contributed by atoms with Crippen LogP contribution in [0.5, 0.6) is 11.6 Å². The molecule has 28 heavy (non-hydrogen) atoms. The minimum atomic E-state index is -0.235. The summed E-state index contributed by atoms with van der Waals surface area (Å²) in [6.45, 7) is 10.2. The number of hydrogen-bond acceptors (Lipinski definition) is 5. The van der Waals surface area contributed by atoms with Crippen LogP contribution in [-0.4, -0.2) is 39.7 Å². The molecular formula is C22H28FN3O2. The summed E-state index contributed by atoms with van der Waals surface area (Å²) in [5.41, 5.74) is 3.15. The zero-order valence-corrected chi connectivity index (χ0v) is 17.1. The minimum absolute atomic E-state index is 0.117. The second-order valence-electron chi connectivity index (χ2n) is 8.53.